The number of nitrogens with zero attached hydrogens (tertiary/aromatic N) is 1. The zero-order valence-electron chi connectivity index (χ0n) is 19.9. The lowest BCUT2D eigenvalue weighted by Gasteiger charge is -2.09. The summed E-state index contributed by atoms with van der Waals surface area (Å²) in [6.45, 7) is 4.67. The molecule has 1 N–H and O–H groups in total. The van der Waals surface area contributed by atoms with Crippen molar-refractivity contribution < 1.29 is 33.4 Å². The maximum atomic E-state index is 12.4. The second kappa shape index (κ2) is 12.1. The fourth-order valence-electron chi connectivity index (χ4n) is 2.94. The summed E-state index contributed by atoms with van der Waals surface area (Å²) in [6.07, 6.45) is -0.218. The van der Waals surface area contributed by atoms with Crippen molar-refractivity contribution in [3.63, 3.8) is 0 Å². The summed E-state index contributed by atoms with van der Waals surface area (Å²) in [7, 11) is 3.15. The number of rotatable bonds is 10. The predicted molar refractivity (Wildman–Crippen MR) is 127 cm³/mol. The fourth-order valence-corrected chi connectivity index (χ4v) is 4.17. The Morgan fingerprint density at radius 3 is 2.21 bits per heavy atom. The number of esters is 2. The Balaban J connectivity index is 1.99. The first-order valence-corrected chi connectivity index (χ1v) is 11.4. The van der Waals surface area contributed by atoms with Crippen molar-refractivity contribution in [2.24, 2.45) is 0 Å². The summed E-state index contributed by atoms with van der Waals surface area (Å²) in [5.41, 5.74) is 2.00. The Kier molecular flexibility index (Phi) is 9.49. The van der Waals surface area contributed by atoms with E-state index in [1.54, 1.807) is 40.1 Å². The van der Waals surface area contributed by atoms with Crippen LogP contribution in [0, 0.1) is 13.8 Å². The molecule has 1 aromatic heterocycles. The van der Waals surface area contributed by atoms with Gasteiger partial charge in [0.25, 0.3) is 11.8 Å². The lowest BCUT2D eigenvalue weighted by molar-refractivity contribution is -0.147. The maximum Gasteiger partial charge on any atom is 0.341 e. The van der Waals surface area contributed by atoms with Crippen molar-refractivity contribution in [2.75, 3.05) is 32.6 Å². The highest BCUT2D eigenvalue weighted by atomic mass is 32.1. The number of ether oxygens (including phenoxy) is 2. The smallest absolute Gasteiger partial charge is 0.341 e. The second-order valence-corrected chi connectivity index (χ2v) is 8.70. The standard InChI is InChI=1S/C24H28N2O7S/c1-6-32-24(31)20-15(3)21(23(30)26(4)5)34-22(20)25-18(28)13-33-19(29)12-11-17(27)16-9-7-14(2)8-10-16/h7-10H,6,11-13H2,1-5H3,(H,25,28). The fraction of sp³-hybridized carbons (Fsp3) is 0.375. The number of amides is 2. The molecule has 0 aliphatic carbocycles. The van der Waals surface area contributed by atoms with E-state index in [2.05, 4.69) is 5.32 Å². The molecule has 0 unspecified atom stereocenters. The summed E-state index contributed by atoms with van der Waals surface area (Å²) in [4.78, 5) is 63.0. The molecule has 0 aliphatic heterocycles. The number of hydrogen-bond acceptors (Lipinski definition) is 8. The van der Waals surface area contributed by atoms with Gasteiger partial charge in [0.05, 0.1) is 23.5 Å². The lowest BCUT2D eigenvalue weighted by Crippen LogP contribution is -2.22. The molecule has 2 rings (SSSR count). The van der Waals surface area contributed by atoms with Crippen LogP contribution in [0.5, 0.6) is 0 Å². The van der Waals surface area contributed by atoms with Gasteiger partial charge in [-0.1, -0.05) is 29.8 Å². The van der Waals surface area contributed by atoms with E-state index in [-0.39, 0.29) is 46.6 Å². The number of carbonyl (C=O) groups excluding carboxylic acids is 5. The van der Waals surface area contributed by atoms with E-state index in [1.165, 1.54) is 4.90 Å². The molecule has 182 valence electrons. The molecule has 0 fully saturated rings. The Morgan fingerprint density at radius 2 is 1.62 bits per heavy atom. The molecule has 0 atom stereocenters. The van der Waals surface area contributed by atoms with Crippen LogP contribution in [0.2, 0.25) is 0 Å². The number of thiophene rings is 1. The molecule has 0 aliphatic rings. The molecular formula is C24H28N2O7S. The normalized spacial score (nSPS) is 10.4. The highest BCUT2D eigenvalue weighted by Gasteiger charge is 2.27. The number of benzene rings is 1. The average molecular weight is 489 g/mol. The molecule has 1 heterocycles. The van der Waals surface area contributed by atoms with E-state index in [1.807, 2.05) is 19.1 Å². The van der Waals surface area contributed by atoms with Crippen LogP contribution in [0.1, 0.15) is 61.3 Å². The van der Waals surface area contributed by atoms with Gasteiger partial charge in [0.15, 0.2) is 12.4 Å². The summed E-state index contributed by atoms with van der Waals surface area (Å²) >= 11 is 0.943. The van der Waals surface area contributed by atoms with Gasteiger partial charge in [-0.2, -0.15) is 0 Å². The molecule has 1 aromatic carbocycles. The zero-order chi connectivity index (χ0) is 25.4. The van der Waals surface area contributed by atoms with Crippen LogP contribution in [-0.4, -0.2) is 61.7 Å². The molecule has 0 bridgehead atoms. The van der Waals surface area contributed by atoms with Crippen molar-refractivity contribution in [1.82, 2.24) is 4.90 Å². The third-order valence-electron chi connectivity index (χ3n) is 4.77. The highest BCUT2D eigenvalue weighted by Crippen LogP contribution is 2.34. The van der Waals surface area contributed by atoms with Gasteiger partial charge in [-0.25, -0.2) is 4.79 Å². The van der Waals surface area contributed by atoms with E-state index < -0.39 is 24.5 Å². The second-order valence-electron chi connectivity index (χ2n) is 7.68. The van der Waals surface area contributed by atoms with Crippen LogP contribution in [0.4, 0.5) is 5.00 Å². The monoisotopic (exact) mass is 488 g/mol. The topological polar surface area (TPSA) is 119 Å². The summed E-state index contributed by atoms with van der Waals surface area (Å²) in [6, 6.07) is 7.00. The average Bonchev–Trinajstić information content (AvgIpc) is 3.11. The molecular weight excluding hydrogens is 460 g/mol. The summed E-state index contributed by atoms with van der Waals surface area (Å²) in [5.74, 6) is -2.58. The number of carbonyl (C=O) groups is 5. The first-order chi connectivity index (χ1) is 16.0. The minimum atomic E-state index is -0.702. The Labute approximate surface area is 202 Å². The molecule has 0 radical (unpaired) electrons. The Morgan fingerprint density at radius 1 is 0.971 bits per heavy atom. The van der Waals surface area contributed by atoms with Gasteiger partial charge in [-0.05, 0) is 26.3 Å². The van der Waals surface area contributed by atoms with Gasteiger partial charge >= 0.3 is 11.9 Å². The number of hydrogen-bond donors (Lipinski definition) is 1. The van der Waals surface area contributed by atoms with Crippen molar-refractivity contribution in [1.29, 1.82) is 0 Å². The van der Waals surface area contributed by atoms with Crippen LogP contribution in [0.3, 0.4) is 0 Å². The van der Waals surface area contributed by atoms with Crippen molar-refractivity contribution in [3.8, 4) is 0 Å². The van der Waals surface area contributed by atoms with Crippen LogP contribution < -0.4 is 5.32 Å². The lowest BCUT2D eigenvalue weighted by atomic mass is 10.1. The van der Waals surface area contributed by atoms with Crippen molar-refractivity contribution in [2.45, 2.75) is 33.6 Å². The molecule has 2 aromatic rings. The molecule has 10 heteroatoms. The number of Topliss-reactive ketones (excluding diaryl/α,β-unsaturated/α-hetero) is 1. The molecule has 0 spiro atoms. The SMILES string of the molecule is CCOC(=O)c1c(NC(=O)COC(=O)CCC(=O)c2ccc(C)cc2)sc(C(=O)N(C)C)c1C. The number of nitrogens with one attached hydrogen (secondary N) is 1. The minimum Gasteiger partial charge on any atom is -0.462 e. The van der Waals surface area contributed by atoms with Crippen LogP contribution in [0.15, 0.2) is 24.3 Å². The van der Waals surface area contributed by atoms with Crippen molar-refractivity contribution in [3.05, 3.63) is 51.4 Å². The van der Waals surface area contributed by atoms with E-state index in [9.17, 15) is 24.0 Å². The van der Waals surface area contributed by atoms with E-state index in [0.717, 1.165) is 16.9 Å². The first-order valence-electron chi connectivity index (χ1n) is 10.6. The third-order valence-corrected chi connectivity index (χ3v) is 5.97. The first kappa shape index (κ1) is 26.7. The molecule has 2 amide bonds. The van der Waals surface area contributed by atoms with Crippen LogP contribution >= 0.6 is 11.3 Å². The van der Waals surface area contributed by atoms with Gasteiger partial charge in [0.2, 0.25) is 0 Å². The quantitative estimate of drug-likeness (QED) is 0.402. The summed E-state index contributed by atoms with van der Waals surface area (Å²) in [5, 5.41) is 2.66. The largest absolute Gasteiger partial charge is 0.462 e. The molecule has 9 nitrogen and oxygen atoms in total. The highest BCUT2D eigenvalue weighted by molar-refractivity contribution is 7.18. The number of ketones is 1. The molecule has 34 heavy (non-hydrogen) atoms. The maximum absolute atomic E-state index is 12.4. The van der Waals surface area contributed by atoms with Crippen LogP contribution in [-0.2, 0) is 19.1 Å². The third kappa shape index (κ3) is 6.98. The minimum absolute atomic E-state index is 0.0450. The molecule has 0 saturated carbocycles. The number of anilines is 1. The van der Waals surface area contributed by atoms with Crippen molar-refractivity contribution >= 4 is 45.9 Å². The van der Waals surface area contributed by atoms with Gasteiger partial charge < -0.3 is 19.7 Å². The van der Waals surface area contributed by atoms with E-state index in [4.69, 9.17) is 9.47 Å². The number of aryl methyl sites for hydroxylation is 1. The Bertz CT molecular complexity index is 1090. The van der Waals surface area contributed by atoms with Gasteiger partial charge in [-0.15, -0.1) is 11.3 Å². The van der Waals surface area contributed by atoms with Gasteiger partial charge in [-0.3, -0.25) is 19.2 Å². The van der Waals surface area contributed by atoms with Gasteiger partial charge in [0, 0.05) is 26.1 Å². The zero-order valence-corrected chi connectivity index (χ0v) is 20.7. The Hall–Kier alpha value is -3.53. The van der Waals surface area contributed by atoms with Gasteiger partial charge in [0.1, 0.15) is 5.00 Å². The van der Waals surface area contributed by atoms with E-state index >= 15 is 0 Å². The van der Waals surface area contributed by atoms with E-state index in [0.29, 0.717) is 11.1 Å². The molecule has 0 saturated heterocycles. The predicted octanol–water partition coefficient (Wildman–Crippen LogP) is 3.39. The van der Waals surface area contributed by atoms with Crippen LogP contribution in [0.25, 0.3) is 0 Å². The summed E-state index contributed by atoms with van der Waals surface area (Å²) < 4.78 is 10.0.